The SMILES string of the molecule is Cc1ccc(Cl)cc1Oc1nc(-c2cccc(F)c2F)ccc1C(=O)O. The Balaban J connectivity index is 2.12. The lowest BCUT2D eigenvalue weighted by Crippen LogP contribution is -2.04. The highest BCUT2D eigenvalue weighted by Crippen LogP contribution is 2.32. The number of rotatable bonds is 4. The van der Waals surface area contributed by atoms with Crippen molar-refractivity contribution in [1.82, 2.24) is 4.98 Å². The van der Waals surface area contributed by atoms with E-state index in [1.165, 1.54) is 30.3 Å². The molecule has 1 heterocycles. The highest BCUT2D eigenvalue weighted by Gasteiger charge is 2.18. The third-order valence-electron chi connectivity index (χ3n) is 3.68. The molecule has 0 radical (unpaired) electrons. The van der Waals surface area contributed by atoms with Crippen molar-refractivity contribution in [3.05, 3.63) is 76.3 Å². The second kappa shape index (κ2) is 7.09. The molecule has 0 saturated carbocycles. The number of aryl methyl sites for hydroxylation is 1. The molecular formula is C19H12ClF2NO3. The molecule has 1 N–H and O–H groups in total. The van der Waals surface area contributed by atoms with Gasteiger partial charge in [-0.15, -0.1) is 0 Å². The molecule has 0 unspecified atom stereocenters. The van der Waals surface area contributed by atoms with Gasteiger partial charge in [0.1, 0.15) is 11.3 Å². The molecule has 0 aliphatic rings. The fourth-order valence-corrected chi connectivity index (χ4v) is 2.48. The van der Waals surface area contributed by atoms with Gasteiger partial charge in [-0.25, -0.2) is 18.6 Å². The Bertz CT molecular complexity index is 1010. The highest BCUT2D eigenvalue weighted by molar-refractivity contribution is 6.30. The molecule has 7 heteroatoms. The summed E-state index contributed by atoms with van der Waals surface area (Å²) in [6.45, 7) is 1.75. The topological polar surface area (TPSA) is 59.4 Å². The minimum Gasteiger partial charge on any atom is -0.477 e. The second-order valence-electron chi connectivity index (χ2n) is 5.47. The Labute approximate surface area is 152 Å². The van der Waals surface area contributed by atoms with E-state index in [1.54, 1.807) is 19.1 Å². The summed E-state index contributed by atoms with van der Waals surface area (Å²) in [6.07, 6.45) is 0. The molecule has 132 valence electrons. The van der Waals surface area contributed by atoms with E-state index in [-0.39, 0.29) is 22.7 Å². The van der Waals surface area contributed by atoms with E-state index in [2.05, 4.69) is 4.98 Å². The van der Waals surface area contributed by atoms with Crippen LogP contribution in [0.1, 0.15) is 15.9 Å². The van der Waals surface area contributed by atoms with Crippen molar-refractivity contribution in [2.24, 2.45) is 0 Å². The van der Waals surface area contributed by atoms with Crippen LogP contribution in [0.2, 0.25) is 5.02 Å². The summed E-state index contributed by atoms with van der Waals surface area (Å²) in [5.41, 5.74) is 0.427. The number of carboxylic acid groups (broad SMARTS) is 1. The van der Waals surface area contributed by atoms with Gasteiger partial charge < -0.3 is 9.84 Å². The van der Waals surface area contributed by atoms with Crippen molar-refractivity contribution < 1.29 is 23.4 Å². The molecule has 0 bridgehead atoms. The summed E-state index contributed by atoms with van der Waals surface area (Å²) in [5.74, 6) is -3.31. The summed E-state index contributed by atoms with van der Waals surface area (Å²) in [7, 11) is 0. The molecule has 26 heavy (non-hydrogen) atoms. The van der Waals surface area contributed by atoms with Gasteiger partial charge in [-0.05, 0) is 48.9 Å². The maximum Gasteiger partial charge on any atom is 0.341 e. The molecule has 3 rings (SSSR count). The van der Waals surface area contributed by atoms with E-state index in [4.69, 9.17) is 16.3 Å². The third kappa shape index (κ3) is 3.50. The molecule has 2 aromatic carbocycles. The minimum absolute atomic E-state index is 0.0432. The second-order valence-corrected chi connectivity index (χ2v) is 5.90. The lowest BCUT2D eigenvalue weighted by molar-refractivity contribution is 0.0693. The van der Waals surface area contributed by atoms with Crippen molar-refractivity contribution in [2.45, 2.75) is 6.92 Å². The van der Waals surface area contributed by atoms with E-state index in [1.807, 2.05) is 0 Å². The average Bonchev–Trinajstić information content (AvgIpc) is 2.60. The van der Waals surface area contributed by atoms with E-state index < -0.39 is 17.6 Å². The molecule has 1 aromatic heterocycles. The number of nitrogens with zero attached hydrogens (tertiary/aromatic N) is 1. The first-order chi connectivity index (χ1) is 12.4. The van der Waals surface area contributed by atoms with Crippen LogP contribution in [0.25, 0.3) is 11.3 Å². The van der Waals surface area contributed by atoms with Crippen molar-refractivity contribution in [2.75, 3.05) is 0 Å². The number of aromatic nitrogens is 1. The number of pyridine rings is 1. The number of carboxylic acids is 1. The number of ether oxygens (including phenoxy) is 1. The van der Waals surface area contributed by atoms with Crippen LogP contribution >= 0.6 is 11.6 Å². The quantitative estimate of drug-likeness (QED) is 0.656. The summed E-state index contributed by atoms with van der Waals surface area (Å²) in [4.78, 5) is 15.5. The fraction of sp³-hybridized carbons (Fsp3) is 0.0526. The van der Waals surface area contributed by atoms with E-state index >= 15 is 0 Å². The summed E-state index contributed by atoms with van der Waals surface area (Å²) in [5, 5.41) is 9.75. The zero-order valence-corrected chi connectivity index (χ0v) is 14.2. The number of aromatic carboxylic acids is 1. The Morgan fingerprint density at radius 2 is 1.92 bits per heavy atom. The van der Waals surface area contributed by atoms with Gasteiger partial charge in [0.15, 0.2) is 11.6 Å². The Morgan fingerprint density at radius 3 is 2.65 bits per heavy atom. The molecule has 0 aliphatic carbocycles. The number of hydrogen-bond donors (Lipinski definition) is 1. The molecule has 4 nitrogen and oxygen atoms in total. The first-order valence-corrected chi connectivity index (χ1v) is 7.87. The van der Waals surface area contributed by atoms with Gasteiger partial charge in [-0.2, -0.15) is 0 Å². The first-order valence-electron chi connectivity index (χ1n) is 7.49. The van der Waals surface area contributed by atoms with Crippen LogP contribution in [-0.4, -0.2) is 16.1 Å². The zero-order valence-electron chi connectivity index (χ0n) is 13.5. The molecular weight excluding hydrogens is 364 g/mol. The largest absolute Gasteiger partial charge is 0.477 e. The van der Waals surface area contributed by atoms with Crippen molar-refractivity contribution in [3.8, 4) is 22.9 Å². The predicted octanol–water partition coefficient (Wildman–Crippen LogP) is 5.48. The van der Waals surface area contributed by atoms with Gasteiger partial charge in [-0.3, -0.25) is 0 Å². The molecule has 0 atom stereocenters. The Kier molecular flexibility index (Phi) is 4.86. The van der Waals surface area contributed by atoms with Crippen LogP contribution in [0, 0.1) is 18.6 Å². The van der Waals surface area contributed by atoms with E-state index in [9.17, 15) is 18.7 Å². The van der Waals surface area contributed by atoms with Crippen molar-refractivity contribution >= 4 is 17.6 Å². The fourth-order valence-electron chi connectivity index (χ4n) is 2.32. The maximum atomic E-state index is 14.0. The third-order valence-corrected chi connectivity index (χ3v) is 3.91. The summed E-state index contributed by atoms with van der Waals surface area (Å²) < 4.78 is 33.1. The van der Waals surface area contributed by atoms with E-state index in [0.29, 0.717) is 16.3 Å². The number of carbonyl (C=O) groups is 1. The number of benzene rings is 2. The van der Waals surface area contributed by atoms with Gasteiger partial charge >= 0.3 is 5.97 Å². The number of hydrogen-bond acceptors (Lipinski definition) is 3. The van der Waals surface area contributed by atoms with E-state index in [0.717, 1.165) is 6.07 Å². The average molecular weight is 376 g/mol. The molecule has 0 aliphatic heterocycles. The molecule has 0 saturated heterocycles. The lowest BCUT2D eigenvalue weighted by Gasteiger charge is -2.12. The van der Waals surface area contributed by atoms with Crippen LogP contribution in [0.4, 0.5) is 8.78 Å². The zero-order chi connectivity index (χ0) is 18.8. The molecule has 0 fully saturated rings. The highest BCUT2D eigenvalue weighted by atomic mass is 35.5. The van der Waals surface area contributed by atoms with Gasteiger partial charge in [0, 0.05) is 10.6 Å². The number of halogens is 3. The monoisotopic (exact) mass is 375 g/mol. The van der Waals surface area contributed by atoms with Gasteiger partial charge in [0.05, 0.1) is 5.69 Å². The Hall–Kier alpha value is -2.99. The van der Waals surface area contributed by atoms with Crippen molar-refractivity contribution in [1.29, 1.82) is 0 Å². The summed E-state index contributed by atoms with van der Waals surface area (Å²) >= 11 is 5.94. The molecule has 0 amide bonds. The van der Waals surface area contributed by atoms with Crippen molar-refractivity contribution in [3.63, 3.8) is 0 Å². The maximum absolute atomic E-state index is 14.0. The van der Waals surface area contributed by atoms with Crippen LogP contribution in [0.15, 0.2) is 48.5 Å². The normalized spacial score (nSPS) is 10.6. The van der Waals surface area contributed by atoms with Gasteiger partial charge in [0.2, 0.25) is 5.88 Å². The van der Waals surface area contributed by atoms with Gasteiger partial charge in [-0.1, -0.05) is 23.7 Å². The summed E-state index contributed by atoms with van der Waals surface area (Å²) in [6, 6.07) is 11.1. The smallest absolute Gasteiger partial charge is 0.341 e. The van der Waals surface area contributed by atoms with Crippen LogP contribution in [-0.2, 0) is 0 Å². The lowest BCUT2D eigenvalue weighted by atomic mass is 10.1. The standard InChI is InChI=1S/C19H12ClF2NO3/c1-10-5-6-11(20)9-16(10)26-18-13(19(24)25)7-8-15(23-18)12-3-2-4-14(21)17(12)22/h2-9H,1H3,(H,24,25). The van der Waals surface area contributed by atoms with Crippen LogP contribution < -0.4 is 4.74 Å². The molecule has 3 aromatic rings. The van der Waals surface area contributed by atoms with Crippen LogP contribution in [0.3, 0.4) is 0 Å². The first kappa shape index (κ1) is 17.8. The Morgan fingerprint density at radius 1 is 1.15 bits per heavy atom. The van der Waals surface area contributed by atoms with Gasteiger partial charge in [0.25, 0.3) is 0 Å². The minimum atomic E-state index is -1.27. The predicted molar refractivity (Wildman–Crippen MR) is 92.8 cm³/mol. The molecule has 0 spiro atoms. The van der Waals surface area contributed by atoms with Crippen LogP contribution in [0.5, 0.6) is 11.6 Å².